The number of aromatic nitrogens is 2. The van der Waals surface area contributed by atoms with Crippen LogP contribution in [0.1, 0.15) is 17.9 Å². The highest BCUT2D eigenvalue weighted by Crippen LogP contribution is 2.29. The SMILES string of the molecule is O=c1[nH]cnc2cc(NCC(CCO)c3ccccc3)c([N+](=O)[O-])cc12. The molecule has 1 atom stereocenters. The van der Waals surface area contributed by atoms with Gasteiger partial charge in [-0.2, -0.15) is 0 Å². The van der Waals surface area contributed by atoms with Gasteiger partial charge in [-0.05, 0) is 18.1 Å². The zero-order chi connectivity index (χ0) is 18.5. The van der Waals surface area contributed by atoms with Crippen molar-refractivity contribution in [1.29, 1.82) is 0 Å². The van der Waals surface area contributed by atoms with Crippen molar-refractivity contribution in [3.8, 4) is 0 Å². The van der Waals surface area contributed by atoms with Crippen LogP contribution >= 0.6 is 0 Å². The summed E-state index contributed by atoms with van der Waals surface area (Å²) < 4.78 is 0. The average Bonchev–Trinajstić information content (AvgIpc) is 2.65. The van der Waals surface area contributed by atoms with Gasteiger partial charge in [0.15, 0.2) is 0 Å². The van der Waals surface area contributed by atoms with Gasteiger partial charge in [0.1, 0.15) is 5.69 Å². The Hall–Kier alpha value is -3.26. The first kappa shape index (κ1) is 17.6. The Balaban J connectivity index is 1.93. The standard InChI is InChI=1S/C18H18N4O4/c23-7-6-13(12-4-2-1-3-5-12)10-19-16-9-15-14(8-17(16)22(25)26)18(24)21-11-20-15/h1-5,8-9,11,13,19,23H,6-7,10H2,(H,20,21,24). The third kappa shape index (κ3) is 3.70. The van der Waals surface area contributed by atoms with E-state index >= 15 is 0 Å². The van der Waals surface area contributed by atoms with Crippen LogP contribution in [-0.2, 0) is 0 Å². The predicted molar refractivity (Wildman–Crippen MR) is 98.4 cm³/mol. The largest absolute Gasteiger partial charge is 0.396 e. The molecule has 0 aliphatic carbocycles. The van der Waals surface area contributed by atoms with Crippen molar-refractivity contribution in [3.63, 3.8) is 0 Å². The maximum atomic E-state index is 11.8. The summed E-state index contributed by atoms with van der Waals surface area (Å²) in [5, 5.41) is 24.0. The fraction of sp³-hybridized carbons (Fsp3) is 0.222. The van der Waals surface area contributed by atoms with E-state index in [0.717, 1.165) is 5.56 Å². The third-order valence-electron chi connectivity index (χ3n) is 4.24. The van der Waals surface area contributed by atoms with Gasteiger partial charge in [0, 0.05) is 25.1 Å². The van der Waals surface area contributed by atoms with E-state index < -0.39 is 10.5 Å². The molecule has 8 heteroatoms. The second kappa shape index (κ2) is 7.75. The monoisotopic (exact) mass is 354 g/mol. The van der Waals surface area contributed by atoms with E-state index in [1.165, 1.54) is 18.5 Å². The molecule has 2 aromatic carbocycles. The van der Waals surface area contributed by atoms with Crippen molar-refractivity contribution < 1.29 is 10.0 Å². The van der Waals surface area contributed by atoms with E-state index in [1.807, 2.05) is 30.3 Å². The molecule has 0 aliphatic rings. The molecule has 1 heterocycles. The molecule has 0 fully saturated rings. The number of aliphatic hydroxyl groups is 1. The summed E-state index contributed by atoms with van der Waals surface area (Å²) >= 11 is 0. The van der Waals surface area contributed by atoms with Gasteiger partial charge in [-0.3, -0.25) is 14.9 Å². The molecular weight excluding hydrogens is 336 g/mol. The number of nitrogens with zero attached hydrogens (tertiary/aromatic N) is 2. The van der Waals surface area contributed by atoms with Gasteiger partial charge in [-0.15, -0.1) is 0 Å². The van der Waals surface area contributed by atoms with Gasteiger partial charge in [0.25, 0.3) is 11.2 Å². The lowest BCUT2D eigenvalue weighted by Crippen LogP contribution is -2.15. The van der Waals surface area contributed by atoms with Crippen LogP contribution in [0.3, 0.4) is 0 Å². The number of nitrogens with one attached hydrogen (secondary N) is 2. The predicted octanol–water partition coefficient (Wildman–Crippen LogP) is 2.41. The van der Waals surface area contributed by atoms with E-state index in [9.17, 15) is 20.0 Å². The lowest BCUT2D eigenvalue weighted by molar-refractivity contribution is -0.383. The number of H-pyrrole nitrogens is 1. The van der Waals surface area contributed by atoms with Crippen molar-refractivity contribution in [2.24, 2.45) is 0 Å². The van der Waals surface area contributed by atoms with E-state index in [0.29, 0.717) is 24.2 Å². The number of nitro benzene ring substituents is 1. The minimum Gasteiger partial charge on any atom is -0.396 e. The molecule has 0 saturated heterocycles. The Bertz CT molecular complexity index is 972. The van der Waals surface area contributed by atoms with Gasteiger partial charge in [0.2, 0.25) is 0 Å². The first-order valence-electron chi connectivity index (χ1n) is 8.15. The number of benzene rings is 2. The second-order valence-corrected chi connectivity index (χ2v) is 5.88. The summed E-state index contributed by atoms with van der Waals surface area (Å²) in [6.07, 6.45) is 1.79. The number of rotatable bonds is 7. The van der Waals surface area contributed by atoms with Gasteiger partial charge < -0.3 is 15.4 Å². The van der Waals surface area contributed by atoms with E-state index in [1.54, 1.807) is 0 Å². The van der Waals surface area contributed by atoms with Gasteiger partial charge in [-0.25, -0.2) is 4.98 Å². The number of fused-ring (bicyclic) bond motifs is 1. The number of aliphatic hydroxyl groups excluding tert-OH is 1. The molecule has 3 rings (SSSR count). The fourth-order valence-corrected chi connectivity index (χ4v) is 2.90. The molecule has 0 radical (unpaired) electrons. The van der Waals surface area contributed by atoms with E-state index in [-0.39, 0.29) is 23.6 Å². The summed E-state index contributed by atoms with van der Waals surface area (Å²) in [6, 6.07) is 12.4. The highest BCUT2D eigenvalue weighted by atomic mass is 16.6. The molecule has 1 aromatic heterocycles. The van der Waals surface area contributed by atoms with Crippen LogP contribution < -0.4 is 10.9 Å². The Morgan fingerprint density at radius 2 is 2.04 bits per heavy atom. The summed E-state index contributed by atoms with van der Waals surface area (Å²) in [5.41, 5.74) is 1.09. The van der Waals surface area contributed by atoms with Crippen LogP contribution in [0, 0.1) is 10.1 Å². The number of hydrogen-bond donors (Lipinski definition) is 3. The summed E-state index contributed by atoms with van der Waals surface area (Å²) in [4.78, 5) is 29.2. The van der Waals surface area contributed by atoms with Crippen LogP contribution in [-0.4, -0.2) is 33.1 Å². The molecule has 8 nitrogen and oxygen atoms in total. The van der Waals surface area contributed by atoms with Crippen molar-refractivity contribution in [2.45, 2.75) is 12.3 Å². The molecule has 134 valence electrons. The van der Waals surface area contributed by atoms with Crippen LogP contribution in [0.25, 0.3) is 10.9 Å². The average molecular weight is 354 g/mol. The van der Waals surface area contributed by atoms with Gasteiger partial charge in [-0.1, -0.05) is 30.3 Å². The zero-order valence-electron chi connectivity index (χ0n) is 13.9. The number of anilines is 1. The number of hydrogen-bond acceptors (Lipinski definition) is 6. The number of aromatic amines is 1. The molecule has 0 aliphatic heterocycles. The van der Waals surface area contributed by atoms with Crippen molar-refractivity contribution in [1.82, 2.24) is 9.97 Å². The van der Waals surface area contributed by atoms with Crippen molar-refractivity contribution >= 4 is 22.3 Å². The number of nitro groups is 1. The molecule has 3 aromatic rings. The smallest absolute Gasteiger partial charge is 0.293 e. The van der Waals surface area contributed by atoms with E-state index in [4.69, 9.17) is 0 Å². The van der Waals surface area contributed by atoms with Crippen LogP contribution in [0.4, 0.5) is 11.4 Å². The minimum absolute atomic E-state index is 0.0105. The fourth-order valence-electron chi connectivity index (χ4n) is 2.90. The molecule has 0 amide bonds. The van der Waals surface area contributed by atoms with E-state index in [2.05, 4.69) is 15.3 Å². The molecule has 0 spiro atoms. The Labute approximate surface area is 148 Å². The van der Waals surface area contributed by atoms with Gasteiger partial charge in [0.05, 0.1) is 22.2 Å². The quantitative estimate of drug-likeness (QED) is 0.442. The Morgan fingerprint density at radius 1 is 1.27 bits per heavy atom. The lowest BCUT2D eigenvalue weighted by Gasteiger charge is -2.18. The first-order valence-corrected chi connectivity index (χ1v) is 8.15. The van der Waals surface area contributed by atoms with Crippen LogP contribution in [0.2, 0.25) is 0 Å². The topological polar surface area (TPSA) is 121 Å². The van der Waals surface area contributed by atoms with Gasteiger partial charge >= 0.3 is 0 Å². The summed E-state index contributed by atoms with van der Waals surface area (Å²) in [7, 11) is 0. The molecule has 3 N–H and O–H groups in total. The van der Waals surface area contributed by atoms with Crippen LogP contribution in [0.5, 0.6) is 0 Å². The molecule has 0 saturated carbocycles. The summed E-state index contributed by atoms with van der Waals surface area (Å²) in [5.74, 6) is -0.0105. The highest BCUT2D eigenvalue weighted by molar-refractivity contribution is 5.86. The lowest BCUT2D eigenvalue weighted by atomic mass is 9.96. The van der Waals surface area contributed by atoms with Crippen LogP contribution in [0.15, 0.2) is 53.6 Å². The summed E-state index contributed by atoms with van der Waals surface area (Å²) in [6.45, 7) is 0.415. The van der Waals surface area contributed by atoms with Crippen molar-refractivity contribution in [3.05, 3.63) is 74.8 Å². The molecule has 26 heavy (non-hydrogen) atoms. The molecular formula is C18H18N4O4. The first-order chi connectivity index (χ1) is 12.6. The minimum atomic E-state index is -0.530. The normalized spacial score (nSPS) is 12.0. The Morgan fingerprint density at radius 3 is 2.73 bits per heavy atom. The maximum absolute atomic E-state index is 11.8. The second-order valence-electron chi connectivity index (χ2n) is 5.88. The van der Waals surface area contributed by atoms with Crippen molar-refractivity contribution in [2.75, 3.05) is 18.5 Å². The molecule has 1 unspecified atom stereocenters. The maximum Gasteiger partial charge on any atom is 0.293 e. The molecule has 0 bridgehead atoms. The highest BCUT2D eigenvalue weighted by Gasteiger charge is 2.19. The zero-order valence-corrected chi connectivity index (χ0v) is 13.9. The third-order valence-corrected chi connectivity index (χ3v) is 4.24. The Kier molecular flexibility index (Phi) is 5.23.